The molecular formula is C14H22FNO3. The zero-order valence-corrected chi connectivity index (χ0v) is 11.6. The van der Waals surface area contributed by atoms with E-state index in [4.69, 9.17) is 14.2 Å². The van der Waals surface area contributed by atoms with E-state index >= 15 is 0 Å². The molecular weight excluding hydrogens is 249 g/mol. The van der Waals surface area contributed by atoms with Gasteiger partial charge < -0.3 is 19.5 Å². The Hall–Kier alpha value is -1.17. The maximum absolute atomic E-state index is 13.7. The van der Waals surface area contributed by atoms with Crippen LogP contribution < -0.4 is 10.1 Å². The zero-order chi connectivity index (χ0) is 13.9. The highest BCUT2D eigenvalue weighted by Crippen LogP contribution is 2.18. The average Bonchev–Trinajstić information content (AvgIpc) is 2.42. The zero-order valence-electron chi connectivity index (χ0n) is 11.6. The lowest BCUT2D eigenvalue weighted by atomic mass is 10.2. The van der Waals surface area contributed by atoms with Crippen molar-refractivity contribution in [3.8, 4) is 5.75 Å². The maximum Gasteiger partial charge on any atom is 0.165 e. The van der Waals surface area contributed by atoms with Crippen LogP contribution in [0.5, 0.6) is 5.75 Å². The van der Waals surface area contributed by atoms with Crippen molar-refractivity contribution in [3.05, 3.63) is 29.6 Å². The van der Waals surface area contributed by atoms with Gasteiger partial charge in [-0.2, -0.15) is 0 Å². The number of halogens is 1. The van der Waals surface area contributed by atoms with Crippen molar-refractivity contribution in [2.24, 2.45) is 0 Å². The minimum atomic E-state index is -0.340. The Balaban J connectivity index is 2.29. The molecule has 5 heteroatoms. The van der Waals surface area contributed by atoms with E-state index in [1.54, 1.807) is 13.2 Å². The standard InChI is InChI=1S/C14H22FNO3/c1-3-16-11-12-4-5-14(13(15)10-12)19-9-8-18-7-6-17-2/h4-5,10,16H,3,6-9,11H2,1-2H3. The Kier molecular flexibility index (Phi) is 8.13. The van der Waals surface area contributed by atoms with Crippen molar-refractivity contribution in [2.75, 3.05) is 40.1 Å². The van der Waals surface area contributed by atoms with Gasteiger partial charge in [-0.1, -0.05) is 13.0 Å². The molecule has 0 aliphatic carbocycles. The fraction of sp³-hybridized carbons (Fsp3) is 0.571. The van der Waals surface area contributed by atoms with Crippen LogP contribution in [0.2, 0.25) is 0 Å². The van der Waals surface area contributed by atoms with E-state index in [0.29, 0.717) is 33.0 Å². The minimum absolute atomic E-state index is 0.260. The number of hydrogen-bond acceptors (Lipinski definition) is 4. The molecule has 4 nitrogen and oxygen atoms in total. The molecule has 0 aromatic heterocycles. The molecule has 108 valence electrons. The van der Waals surface area contributed by atoms with Crippen molar-refractivity contribution >= 4 is 0 Å². The molecule has 1 aromatic carbocycles. The average molecular weight is 271 g/mol. The summed E-state index contributed by atoms with van der Waals surface area (Å²) < 4.78 is 29.1. The summed E-state index contributed by atoms with van der Waals surface area (Å²) in [6, 6.07) is 4.99. The predicted molar refractivity (Wildman–Crippen MR) is 72.0 cm³/mol. The number of rotatable bonds is 10. The van der Waals surface area contributed by atoms with Crippen LogP contribution in [0.1, 0.15) is 12.5 Å². The Morgan fingerprint density at radius 3 is 2.63 bits per heavy atom. The summed E-state index contributed by atoms with van der Waals surface area (Å²) in [5, 5.41) is 3.14. The second kappa shape index (κ2) is 9.72. The van der Waals surface area contributed by atoms with Crippen LogP contribution in [0, 0.1) is 5.82 Å². The third kappa shape index (κ3) is 6.52. The summed E-state index contributed by atoms with van der Waals surface area (Å²) in [7, 11) is 1.62. The fourth-order valence-electron chi connectivity index (χ4n) is 1.50. The van der Waals surface area contributed by atoms with Gasteiger partial charge in [-0.15, -0.1) is 0 Å². The van der Waals surface area contributed by atoms with E-state index in [0.717, 1.165) is 12.1 Å². The number of hydrogen-bond donors (Lipinski definition) is 1. The molecule has 0 spiro atoms. The van der Waals surface area contributed by atoms with Gasteiger partial charge in [-0.3, -0.25) is 0 Å². The lowest BCUT2D eigenvalue weighted by Crippen LogP contribution is -2.12. The fourth-order valence-corrected chi connectivity index (χ4v) is 1.50. The van der Waals surface area contributed by atoms with Crippen molar-refractivity contribution in [3.63, 3.8) is 0 Å². The van der Waals surface area contributed by atoms with Gasteiger partial charge in [0.25, 0.3) is 0 Å². The van der Waals surface area contributed by atoms with Crippen LogP contribution in [-0.2, 0) is 16.0 Å². The number of nitrogens with one attached hydrogen (secondary N) is 1. The van der Waals surface area contributed by atoms with Gasteiger partial charge in [-0.25, -0.2) is 4.39 Å². The van der Waals surface area contributed by atoms with E-state index < -0.39 is 0 Å². The van der Waals surface area contributed by atoms with Crippen LogP contribution >= 0.6 is 0 Å². The lowest BCUT2D eigenvalue weighted by molar-refractivity contribution is 0.0538. The van der Waals surface area contributed by atoms with E-state index in [9.17, 15) is 4.39 Å². The van der Waals surface area contributed by atoms with Crippen LogP contribution in [-0.4, -0.2) is 40.1 Å². The Labute approximate surface area is 113 Å². The van der Waals surface area contributed by atoms with Crippen molar-refractivity contribution < 1.29 is 18.6 Å². The van der Waals surface area contributed by atoms with Gasteiger partial charge >= 0.3 is 0 Å². The predicted octanol–water partition coefficient (Wildman–Crippen LogP) is 1.98. The molecule has 0 saturated carbocycles. The van der Waals surface area contributed by atoms with Crippen LogP contribution in [0.15, 0.2) is 18.2 Å². The van der Waals surface area contributed by atoms with Gasteiger partial charge in [0.1, 0.15) is 6.61 Å². The van der Waals surface area contributed by atoms with Crippen LogP contribution in [0.4, 0.5) is 4.39 Å². The molecule has 0 unspecified atom stereocenters. The molecule has 1 N–H and O–H groups in total. The summed E-state index contributed by atoms with van der Waals surface area (Å²) in [4.78, 5) is 0. The molecule has 0 aliphatic heterocycles. The Morgan fingerprint density at radius 1 is 1.16 bits per heavy atom. The molecule has 0 amide bonds. The molecule has 0 atom stereocenters. The van der Waals surface area contributed by atoms with Crippen LogP contribution in [0.3, 0.4) is 0 Å². The lowest BCUT2D eigenvalue weighted by Gasteiger charge is -2.09. The summed E-state index contributed by atoms with van der Waals surface area (Å²) in [5.74, 6) is -0.0807. The Morgan fingerprint density at radius 2 is 1.95 bits per heavy atom. The van der Waals surface area contributed by atoms with E-state index in [2.05, 4.69) is 5.32 Å². The highest BCUT2D eigenvalue weighted by Gasteiger charge is 2.04. The second-order valence-corrected chi connectivity index (χ2v) is 4.00. The number of methoxy groups -OCH3 is 1. The molecule has 1 aromatic rings. The van der Waals surface area contributed by atoms with Crippen molar-refractivity contribution in [2.45, 2.75) is 13.5 Å². The molecule has 0 fully saturated rings. The monoisotopic (exact) mass is 271 g/mol. The first kappa shape index (κ1) is 15.9. The summed E-state index contributed by atoms with van der Waals surface area (Å²) in [5.41, 5.74) is 0.906. The SMILES string of the molecule is CCNCc1ccc(OCCOCCOC)c(F)c1. The highest BCUT2D eigenvalue weighted by molar-refractivity contribution is 5.29. The topological polar surface area (TPSA) is 39.7 Å². The van der Waals surface area contributed by atoms with Gasteiger partial charge in [0.2, 0.25) is 0 Å². The summed E-state index contributed by atoms with van der Waals surface area (Å²) >= 11 is 0. The molecule has 0 saturated heterocycles. The largest absolute Gasteiger partial charge is 0.488 e. The van der Waals surface area contributed by atoms with Gasteiger partial charge in [0, 0.05) is 13.7 Å². The van der Waals surface area contributed by atoms with Crippen LogP contribution in [0.25, 0.3) is 0 Å². The molecule has 1 rings (SSSR count). The first-order valence-electron chi connectivity index (χ1n) is 6.46. The summed E-state index contributed by atoms with van der Waals surface area (Å²) in [6.45, 7) is 5.34. The smallest absolute Gasteiger partial charge is 0.165 e. The van der Waals surface area contributed by atoms with E-state index in [1.807, 2.05) is 13.0 Å². The second-order valence-electron chi connectivity index (χ2n) is 4.00. The minimum Gasteiger partial charge on any atom is -0.488 e. The molecule has 0 aliphatic rings. The van der Waals surface area contributed by atoms with Crippen molar-refractivity contribution in [1.29, 1.82) is 0 Å². The van der Waals surface area contributed by atoms with Gasteiger partial charge in [0.15, 0.2) is 11.6 Å². The highest BCUT2D eigenvalue weighted by atomic mass is 19.1. The van der Waals surface area contributed by atoms with Gasteiger partial charge in [0.05, 0.1) is 19.8 Å². The number of ether oxygens (including phenoxy) is 3. The quantitative estimate of drug-likeness (QED) is 0.661. The first-order chi connectivity index (χ1) is 9.27. The molecule has 19 heavy (non-hydrogen) atoms. The van der Waals surface area contributed by atoms with Gasteiger partial charge in [-0.05, 0) is 24.2 Å². The van der Waals surface area contributed by atoms with E-state index in [1.165, 1.54) is 6.07 Å². The number of benzene rings is 1. The third-order valence-corrected chi connectivity index (χ3v) is 2.49. The molecule has 0 bridgehead atoms. The Bertz CT molecular complexity index is 361. The maximum atomic E-state index is 13.7. The summed E-state index contributed by atoms with van der Waals surface area (Å²) in [6.07, 6.45) is 0. The normalized spacial score (nSPS) is 10.7. The molecule has 0 radical (unpaired) electrons. The van der Waals surface area contributed by atoms with Crippen molar-refractivity contribution in [1.82, 2.24) is 5.32 Å². The van der Waals surface area contributed by atoms with E-state index in [-0.39, 0.29) is 11.6 Å². The molecule has 0 heterocycles. The third-order valence-electron chi connectivity index (χ3n) is 2.49. The first-order valence-corrected chi connectivity index (χ1v) is 6.46.